The van der Waals surface area contributed by atoms with Crippen LogP contribution in [-0.2, 0) is 6.18 Å². The molecule has 0 aliphatic rings. The first-order chi connectivity index (χ1) is 14.1. The lowest BCUT2D eigenvalue weighted by Gasteiger charge is -2.14. The topological polar surface area (TPSA) is 119 Å². The molecular weight excluding hydrogens is 423 g/mol. The van der Waals surface area contributed by atoms with Crippen LogP contribution in [0.2, 0.25) is 0 Å². The lowest BCUT2D eigenvalue weighted by Crippen LogP contribution is -2.11. The van der Waals surface area contributed by atoms with E-state index in [1.807, 2.05) is 0 Å². The minimum absolute atomic E-state index is 0.0904. The highest BCUT2D eigenvalue weighted by Gasteiger charge is 2.36. The number of nitriles is 1. The Kier molecular flexibility index (Phi) is 5.75. The second-order valence-electron chi connectivity index (χ2n) is 6.11. The molecule has 1 atom stereocenters. The Balaban J connectivity index is 1.87. The zero-order valence-electron chi connectivity index (χ0n) is 15.5. The van der Waals surface area contributed by atoms with E-state index >= 15 is 0 Å². The van der Waals surface area contributed by atoms with Crippen LogP contribution in [0.5, 0.6) is 0 Å². The fraction of sp³-hybridized carbons (Fsp3) is 0.222. The SMILES string of the molecule is Cc1cc(C(F)(F)F)c(C#N)c(SC(C)c2nnc(-c3ccc([N+](=O)[O-])cc3)o2)n1. The maximum atomic E-state index is 13.3. The van der Waals surface area contributed by atoms with E-state index in [0.29, 0.717) is 5.56 Å². The monoisotopic (exact) mass is 435 g/mol. The van der Waals surface area contributed by atoms with E-state index in [1.54, 1.807) is 13.0 Å². The second kappa shape index (κ2) is 8.11. The highest BCUT2D eigenvalue weighted by molar-refractivity contribution is 7.99. The van der Waals surface area contributed by atoms with E-state index in [9.17, 15) is 28.5 Å². The zero-order chi connectivity index (χ0) is 22.1. The molecule has 154 valence electrons. The lowest BCUT2D eigenvalue weighted by atomic mass is 10.1. The van der Waals surface area contributed by atoms with Crippen molar-refractivity contribution in [2.24, 2.45) is 0 Å². The molecule has 1 aromatic carbocycles. The summed E-state index contributed by atoms with van der Waals surface area (Å²) in [6.45, 7) is 3.03. The molecule has 0 aliphatic heterocycles. The average Bonchev–Trinajstić information content (AvgIpc) is 3.17. The van der Waals surface area contributed by atoms with Crippen LogP contribution >= 0.6 is 11.8 Å². The number of nitro benzene ring substituents is 1. The third-order valence-electron chi connectivity index (χ3n) is 3.93. The quantitative estimate of drug-likeness (QED) is 0.309. The van der Waals surface area contributed by atoms with Gasteiger partial charge in [-0.25, -0.2) is 4.98 Å². The van der Waals surface area contributed by atoms with E-state index < -0.39 is 27.5 Å². The van der Waals surface area contributed by atoms with E-state index in [4.69, 9.17) is 4.42 Å². The molecule has 2 heterocycles. The van der Waals surface area contributed by atoms with Gasteiger partial charge in [-0.05, 0) is 32.0 Å². The zero-order valence-corrected chi connectivity index (χ0v) is 16.3. The lowest BCUT2D eigenvalue weighted by molar-refractivity contribution is -0.384. The molecule has 1 unspecified atom stereocenters. The van der Waals surface area contributed by atoms with Gasteiger partial charge < -0.3 is 4.42 Å². The number of hydrogen-bond acceptors (Lipinski definition) is 8. The summed E-state index contributed by atoms with van der Waals surface area (Å²) < 4.78 is 45.3. The van der Waals surface area contributed by atoms with Gasteiger partial charge in [0.2, 0.25) is 11.8 Å². The van der Waals surface area contributed by atoms with Gasteiger partial charge in [0.05, 0.1) is 21.3 Å². The number of non-ortho nitro benzene ring substituents is 1. The molecule has 8 nitrogen and oxygen atoms in total. The molecule has 30 heavy (non-hydrogen) atoms. The minimum atomic E-state index is -4.69. The number of thioether (sulfide) groups is 1. The van der Waals surface area contributed by atoms with Crippen molar-refractivity contribution in [2.45, 2.75) is 30.3 Å². The third-order valence-corrected chi connectivity index (χ3v) is 5.01. The van der Waals surface area contributed by atoms with Crippen molar-refractivity contribution >= 4 is 17.4 Å². The van der Waals surface area contributed by atoms with Crippen molar-refractivity contribution in [1.82, 2.24) is 15.2 Å². The molecule has 0 fully saturated rings. The van der Waals surface area contributed by atoms with Crippen LogP contribution in [0.4, 0.5) is 18.9 Å². The first kappa shape index (κ1) is 21.3. The van der Waals surface area contributed by atoms with E-state index in [0.717, 1.165) is 17.8 Å². The summed E-state index contributed by atoms with van der Waals surface area (Å²) in [4.78, 5) is 14.2. The molecule has 0 spiro atoms. The summed E-state index contributed by atoms with van der Waals surface area (Å²) >= 11 is 0.888. The Morgan fingerprint density at radius 2 is 1.93 bits per heavy atom. The number of aromatic nitrogens is 3. The smallest absolute Gasteiger partial charge is 0.417 e. The molecule has 0 aliphatic carbocycles. The van der Waals surface area contributed by atoms with Gasteiger partial charge in [0.25, 0.3) is 5.69 Å². The number of nitrogens with zero attached hydrogens (tertiary/aromatic N) is 5. The van der Waals surface area contributed by atoms with Gasteiger partial charge in [0.15, 0.2) is 0 Å². The number of halogens is 3. The van der Waals surface area contributed by atoms with Crippen LogP contribution in [0.1, 0.15) is 34.9 Å². The van der Waals surface area contributed by atoms with Crippen LogP contribution in [0.3, 0.4) is 0 Å². The molecule has 0 bridgehead atoms. The van der Waals surface area contributed by atoms with Gasteiger partial charge in [-0.2, -0.15) is 18.4 Å². The predicted octanol–water partition coefficient (Wildman–Crippen LogP) is 5.09. The summed E-state index contributed by atoms with van der Waals surface area (Å²) in [6.07, 6.45) is -4.69. The number of alkyl halides is 3. The average molecular weight is 435 g/mol. The highest BCUT2D eigenvalue weighted by Crippen LogP contribution is 2.40. The third kappa shape index (κ3) is 4.41. The molecule has 2 aromatic heterocycles. The normalized spacial score (nSPS) is 12.4. The molecule has 3 rings (SSSR count). The van der Waals surface area contributed by atoms with Gasteiger partial charge >= 0.3 is 6.18 Å². The number of benzene rings is 1. The van der Waals surface area contributed by atoms with Crippen LogP contribution < -0.4 is 0 Å². The van der Waals surface area contributed by atoms with Gasteiger partial charge in [0, 0.05) is 23.4 Å². The van der Waals surface area contributed by atoms with Crippen LogP contribution in [0.15, 0.2) is 39.8 Å². The molecule has 0 radical (unpaired) electrons. The second-order valence-corrected chi connectivity index (χ2v) is 7.44. The van der Waals surface area contributed by atoms with E-state index in [-0.39, 0.29) is 28.2 Å². The number of aryl methyl sites for hydroxylation is 1. The van der Waals surface area contributed by atoms with Crippen LogP contribution in [0.25, 0.3) is 11.5 Å². The first-order valence-corrected chi connectivity index (χ1v) is 9.22. The molecule has 3 aromatic rings. The standard InChI is InChI=1S/C18H12F3N5O3S/c1-9-7-14(18(19,20)21)13(8-22)17(23-9)30-10(2)15-24-25-16(29-15)11-3-5-12(6-4-11)26(27)28/h3-7,10H,1-2H3. The van der Waals surface area contributed by atoms with E-state index in [1.165, 1.54) is 31.2 Å². The molecular formula is C18H12F3N5O3S. The molecule has 0 amide bonds. The number of pyridine rings is 1. The number of rotatable bonds is 5. The minimum Gasteiger partial charge on any atom is -0.419 e. The molecule has 0 saturated carbocycles. The Morgan fingerprint density at radius 3 is 2.50 bits per heavy atom. The van der Waals surface area contributed by atoms with Crippen LogP contribution in [-0.4, -0.2) is 20.1 Å². The largest absolute Gasteiger partial charge is 0.419 e. The van der Waals surface area contributed by atoms with Crippen molar-refractivity contribution in [3.05, 3.63) is 63.2 Å². The van der Waals surface area contributed by atoms with Crippen molar-refractivity contribution < 1.29 is 22.5 Å². The summed E-state index contributed by atoms with van der Waals surface area (Å²) in [5, 5.41) is 27.0. The van der Waals surface area contributed by atoms with Crippen molar-refractivity contribution in [1.29, 1.82) is 5.26 Å². The number of nitro groups is 1. The molecule has 0 saturated heterocycles. The fourth-order valence-corrected chi connectivity index (χ4v) is 3.52. The van der Waals surface area contributed by atoms with Crippen molar-refractivity contribution in [3.8, 4) is 17.5 Å². The van der Waals surface area contributed by atoms with E-state index in [2.05, 4.69) is 15.2 Å². The first-order valence-electron chi connectivity index (χ1n) is 8.34. The molecule has 12 heteroatoms. The van der Waals surface area contributed by atoms with Gasteiger partial charge in [-0.3, -0.25) is 10.1 Å². The fourth-order valence-electron chi connectivity index (χ4n) is 2.52. The predicted molar refractivity (Wildman–Crippen MR) is 99.4 cm³/mol. The van der Waals surface area contributed by atoms with Gasteiger partial charge in [-0.1, -0.05) is 11.8 Å². The van der Waals surface area contributed by atoms with Crippen LogP contribution in [0, 0.1) is 28.4 Å². The summed E-state index contributed by atoms with van der Waals surface area (Å²) in [5.74, 6) is 0.204. The van der Waals surface area contributed by atoms with Gasteiger partial charge in [-0.15, -0.1) is 10.2 Å². The Bertz CT molecular complexity index is 1140. The Morgan fingerprint density at radius 1 is 1.27 bits per heavy atom. The van der Waals surface area contributed by atoms with Gasteiger partial charge in [0.1, 0.15) is 11.1 Å². The molecule has 0 N–H and O–H groups in total. The summed E-state index contributed by atoms with van der Waals surface area (Å²) in [5.41, 5.74) is -1.16. The summed E-state index contributed by atoms with van der Waals surface area (Å²) in [6, 6.07) is 7.85. The highest BCUT2D eigenvalue weighted by atomic mass is 32.2. The number of hydrogen-bond donors (Lipinski definition) is 0. The maximum absolute atomic E-state index is 13.3. The Labute approximate surface area is 171 Å². The van der Waals surface area contributed by atoms with Crippen molar-refractivity contribution in [2.75, 3.05) is 0 Å². The summed E-state index contributed by atoms with van der Waals surface area (Å²) in [7, 11) is 0. The van der Waals surface area contributed by atoms with Crippen molar-refractivity contribution in [3.63, 3.8) is 0 Å². The Hall–Kier alpha value is -3.46. The maximum Gasteiger partial charge on any atom is 0.417 e.